The first-order valence-corrected chi connectivity index (χ1v) is 4.53. The van der Waals surface area contributed by atoms with Crippen LogP contribution in [0.4, 0.5) is 0 Å². The molecule has 0 bridgehead atoms. The lowest BCUT2D eigenvalue weighted by molar-refractivity contribution is -0.250. The second kappa shape index (κ2) is 3.66. The van der Waals surface area contributed by atoms with E-state index in [1.807, 2.05) is 27.7 Å². The van der Waals surface area contributed by atoms with E-state index < -0.39 is 11.4 Å². The zero-order valence-corrected chi connectivity index (χ0v) is 9.34. The lowest BCUT2D eigenvalue weighted by Crippen LogP contribution is -2.43. The maximum atomic E-state index is 11.3. The monoisotopic (exact) mass is 188 g/mol. The Balaban J connectivity index is 4.91. The molecular formula is C10H20O3. The molecule has 0 aromatic carbocycles. The van der Waals surface area contributed by atoms with E-state index in [1.165, 1.54) is 0 Å². The first-order chi connectivity index (χ1) is 5.67. The van der Waals surface area contributed by atoms with Crippen LogP contribution >= 0.6 is 0 Å². The van der Waals surface area contributed by atoms with Crippen LogP contribution in [0.3, 0.4) is 0 Å². The summed E-state index contributed by atoms with van der Waals surface area (Å²) in [5.74, 6) is -0.243. The molecule has 0 fully saturated rings. The summed E-state index contributed by atoms with van der Waals surface area (Å²) in [5, 5.41) is 8.37. The van der Waals surface area contributed by atoms with E-state index in [4.69, 9.17) is 5.26 Å². The van der Waals surface area contributed by atoms with Crippen molar-refractivity contribution in [1.29, 1.82) is 0 Å². The van der Waals surface area contributed by atoms with E-state index in [0.29, 0.717) is 5.92 Å². The molecule has 0 aliphatic rings. The van der Waals surface area contributed by atoms with E-state index in [1.54, 1.807) is 13.8 Å². The van der Waals surface area contributed by atoms with Crippen molar-refractivity contribution in [2.45, 2.75) is 41.5 Å². The van der Waals surface area contributed by atoms with Gasteiger partial charge in [-0.15, -0.1) is 0 Å². The van der Waals surface area contributed by atoms with Crippen LogP contribution in [0.15, 0.2) is 0 Å². The Morgan fingerprint density at radius 1 is 1.23 bits per heavy atom. The second-order valence-electron chi connectivity index (χ2n) is 4.88. The van der Waals surface area contributed by atoms with E-state index in [0.717, 1.165) is 0 Å². The maximum Gasteiger partial charge on any atom is 0.348 e. The summed E-state index contributed by atoms with van der Waals surface area (Å²) in [5.41, 5.74) is -0.900. The molecule has 3 heteroatoms. The van der Waals surface area contributed by atoms with Crippen molar-refractivity contribution >= 4 is 5.97 Å². The third kappa shape index (κ3) is 2.02. The zero-order valence-electron chi connectivity index (χ0n) is 9.34. The molecule has 0 saturated heterocycles. The van der Waals surface area contributed by atoms with E-state index >= 15 is 0 Å². The average Bonchev–Trinajstić information content (AvgIpc) is 2.02. The summed E-state index contributed by atoms with van der Waals surface area (Å²) in [4.78, 5) is 15.1. The minimum Gasteiger partial charge on any atom is -0.300 e. The molecule has 0 radical (unpaired) electrons. The largest absolute Gasteiger partial charge is 0.348 e. The molecule has 0 aromatic rings. The Bertz CT molecular complexity index is 192. The summed E-state index contributed by atoms with van der Waals surface area (Å²) in [6, 6.07) is 0. The third-order valence-electron chi connectivity index (χ3n) is 3.65. The molecule has 0 aliphatic carbocycles. The van der Waals surface area contributed by atoms with Gasteiger partial charge in [0.05, 0.1) is 5.41 Å². The van der Waals surface area contributed by atoms with Gasteiger partial charge in [0, 0.05) is 0 Å². The standard InChI is InChI=1S/C10H20O3/c1-7(2)9(3,4)10(5,6)8(11)13-12/h7,12H,1-6H3. The van der Waals surface area contributed by atoms with Crippen LogP contribution in [0.25, 0.3) is 0 Å². The van der Waals surface area contributed by atoms with Crippen LogP contribution in [0.1, 0.15) is 41.5 Å². The second-order valence-corrected chi connectivity index (χ2v) is 4.88. The molecule has 0 unspecified atom stereocenters. The van der Waals surface area contributed by atoms with Gasteiger partial charge in [-0.25, -0.2) is 4.79 Å². The molecule has 0 atom stereocenters. The number of carbonyl (C=O) groups excluding carboxylic acids is 1. The van der Waals surface area contributed by atoms with Crippen LogP contribution in [0, 0.1) is 16.7 Å². The molecule has 3 nitrogen and oxygen atoms in total. The third-order valence-corrected chi connectivity index (χ3v) is 3.65. The fourth-order valence-electron chi connectivity index (χ4n) is 1.10. The number of hydrogen-bond donors (Lipinski definition) is 1. The molecule has 1 N–H and O–H groups in total. The van der Waals surface area contributed by atoms with Gasteiger partial charge >= 0.3 is 5.97 Å². The topological polar surface area (TPSA) is 46.5 Å². The molecule has 0 aromatic heterocycles. The maximum absolute atomic E-state index is 11.3. The Labute approximate surface area is 80.0 Å². The Hall–Kier alpha value is -0.570. The molecule has 78 valence electrons. The highest BCUT2D eigenvalue weighted by atomic mass is 17.1. The van der Waals surface area contributed by atoms with E-state index in [9.17, 15) is 4.79 Å². The summed E-state index contributed by atoms with van der Waals surface area (Å²) in [6.45, 7) is 11.7. The number of rotatable bonds is 3. The van der Waals surface area contributed by atoms with Gasteiger partial charge in [-0.3, -0.25) is 0 Å². The van der Waals surface area contributed by atoms with Crippen molar-refractivity contribution < 1.29 is 14.9 Å². The number of hydrogen-bond acceptors (Lipinski definition) is 3. The predicted molar refractivity (Wildman–Crippen MR) is 51.1 cm³/mol. The fraction of sp³-hybridized carbons (Fsp3) is 0.900. The average molecular weight is 188 g/mol. The van der Waals surface area contributed by atoms with Crippen LogP contribution in [0.5, 0.6) is 0 Å². The minimum absolute atomic E-state index is 0.215. The molecule has 0 spiro atoms. The minimum atomic E-state index is -0.685. The van der Waals surface area contributed by atoms with Gasteiger partial charge in [0.25, 0.3) is 0 Å². The van der Waals surface area contributed by atoms with Crippen molar-refractivity contribution in [3.8, 4) is 0 Å². The van der Waals surface area contributed by atoms with Crippen molar-refractivity contribution in [2.24, 2.45) is 16.7 Å². The van der Waals surface area contributed by atoms with Gasteiger partial charge in [0.1, 0.15) is 0 Å². The van der Waals surface area contributed by atoms with Crippen LogP contribution in [-0.2, 0) is 9.68 Å². The normalized spacial score (nSPS) is 13.2. The van der Waals surface area contributed by atoms with Crippen molar-refractivity contribution in [2.75, 3.05) is 0 Å². The van der Waals surface area contributed by atoms with Gasteiger partial charge < -0.3 is 4.89 Å². The van der Waals surface area contributed by atoms with E-state index in [-0.39, 0.29) is 5.41 Å². The van der Waals surface area contributed by atoms with Crippen LogP contribution < -0.4 is 0 Å². The predicted octanol–water partition coefficient (Wildman–Crippen LogP) is 2.71. The highest BCUT2D eigenvalue weighted by Crippen LogP contribution is 2.44. The quantitative estimate of drug-likeness (QED) is 0.547. The van der Waals surface area contributed by atoms with Gasteiger partial charge in [0.2, 0.25) is 0 Å². The highest BCUT2D eigenvalue weighted by Gasteiger charge is 2.46. The Morgan fingerprint density at radius 2 is 1.62 bits per heavy atom. The summed E-state index contributed by atoms with van der Waals surface area (Å²) >= 11 is 0. The molecule has 0 saturated carbocycles. The molecule has 0 heterocycles. The smallest absolute Gasteiger partial charge is 0.300 e. The van der Waals surface area contributed by atoms with Crippen molar-refractivity contribution in [3.63, 3.8) is 0 Å². The first-order valence-electron chi connectivity index (χ1n) is 4.53. The SMILES string of the molecule is CC(C)C(C)(C)C(C)(C)C(=O)OO. The van der Waals surface area contributed by atoms with Gasteiger partial charge in [0.15, 0.2) is 0 Å². The number of carbonyl (C=O) groups is 1. The van der Waals surface area contributed by atoms with Crippen LogP contribution in [0.2, 0.25) is 0 Å². The highest BCUT2D eigenvalue weighted by molar-refractivity contribution is 5.76. The van der Waals surface area contributed by atoms with Gasteiger partial charge in [-0.2, -0.15) is 5.26 Å². The fourth-order valence-corrected chi connectivity index (χ4v) is 1.10. The van der Waals surface area contributed by atoms with E-state index in [2.05, 4.69) is 4.89 Å². The van der Waals surface area contributed by atoms with Crippen molar-refractivity contribution in [3.05, 3.63) is 0 Å². The Kier molecular flexibility index (Phi) is 3.50. The van der Waals surface area contributed by atoms with Crippen molar-refractivity contribution in [1.82, 2.24) is 0 Å². The molecule has 0 rings (SSSR count). The molecular weight excluding hydrogens is 168 g/mol. The molecule has 0 amide bonds. The summed E-state index contributed by atoms with van der Waals surface area (Å²) < 4.78 is 0. The Morgan fingerprint density at radius 3 is 1.85 bits per heavy atom. The van der Waals surface area contributed by atoms with Gasteiger partial charge in [-0.1, -0.05) is 27.7 Å². The first kappa shape index (κ1) is 12.4. The summed E-state index contributed by atoms with van der Waals surface area (Å²) in [7, 11) is 0. The lowest BCUT2D eigenvalue weighted by Gasteiger charge is -2.41. The van der Waals surface area contributed by atoms with Crippen LogP contribution in [-0.4, -0.2) is 11.2 Å². The zero-order chi connectivity index (χ0) is 10.9. The van der Waals surface area contributed by atoms with Gasteiger partial charge in [-0.05, 0) is 25.2 Å². The molecule has 0 aliphatic heterocycles. The molecule has 13 heavy (non-hydrogen) atoms. The lowest BCUT2D eigenvalue weighted by atomic mass is 9.62. The summed E-state index contributed by atoms with van der Waals surface area (Å²) in [6.07, 6.45) is 0.